The second-order valence-electron chi connectivity index (χ2n) is 9.26. The average Bonchev–Trinajstić information content (AvgIpc) is 2.96. The Morgan fingerprint density at radius 2 is 1.67 bits per heavy atom. The number of nitrogens with one attached hydrogen (secondary N) is 2. The molecule has 2 unspecified atom stereocenters. The lowest BCUT2D eigenvalue weighted by atomic mass is 9.96. The van der Waals surface area contributed by atoms with Gasteiger partial charge in [-0.2, -0.15) is 0 Å². The van der Waals surface area contributed by atoms with Crippen LogP contribution in [0.15, 0.2) is 18.5 Å². The van der Waals surface area contributed by atoms with Crippen LogP contribution in [0.1, 0.15) is 61.3 Å². The molecular formula is C22H33N4O6P. The van der Waals surface area contributed by atoms with Crippen molar-refractivity contribution in [1.29, 1.82) is 0 Å². The summed E-state index contributed by atoms with van der Waals surface area (Å²) in [6.45, 7) is 7.61. The predicted octanol–water partition coefficient (Wildman–Crippen LogP) is 1.84. The number of hydrogen-bond donors (Lipinski definition) is 3. The van der Waals surface area contributed by atoms with Gasteiger partial charge in [-0.05, 0) is 30.7 Å². The molecule has 11 heteroatoms. The highest BCUT2D eigenvalue weighted by atomic mass is 31.2. The molecule has 0 fully saturated rings. The van der Waals surface area contributed by atoms with E-state index in [0.29, 0.717) is 12.8 Å². The number of carbonyl (C=O) groups excluding carboxylic acids is 4. The molecule has 0 saturated carbocycles. The van der Waals surface area contributed by atoms with Crippen LogP contribution in [0.5, 0.6) is 0 Å². The quantitative estimate of drug-likeness (QED) is 0.324. The molecule has 0 aromatic carbocycles. The Labute approximate surface area is 194 Å². The van der Waals surface area contributed by atoms with Gasteiger partial charge in [0.15, 0.2) is 0 Å². The van der Waals surface area contributed by atoms with Crippen LogP contribution in [-0.4, -0.2) is 63.9 Å². The molecule has 182 valence electrons. The molecule has 3 N–H and O–H groups in total. The number of aromatic nitrogens is 1. The van der Waals surface area contributed by atoms with Gasteiger partial charge in [0.1, 0.15) is 12.3 Å². The van der Waals surface area contributed by atoms with E-state index in [-0.39, 0.29) is 28.9 Å². The third-order valence-electron chi connectivity index (χ3n) is 5.35. The summed E-state index contributed by atoms with van der Waals surface area (Å²) in [5, 5.41) is 5.24. The number of rotatable bonds is 11. The van der Waals surface area contributed by atoms with Gasteiger partial charge in [-0.15, -0.1) is 0 Å². The van der Waals surface area contributed by atoms with E-state index in [1.807, 2.05) is 27.7 Å². The first-order chi connectivity index (χ1) is 15.4. The topological polar surface area (TPSA) is 146 Å². The highest BCUT2D eigenvalue weighted by molar-refractivity contribution is 7.58. The molecule has 0 saturated heterocycles. The van der Waals surface area contributed by atoms with Crippen LogP contribution in [0, 0.1) is 17.8 Å². The Hall–Kier alpha value is -2.58. The van der Waals surface area contributed by atoms with Crippen molar-refractivity contribution in [3.05, 3.63) is 29.6 Å². The van der Waals surface area contributed by atoms with Crippen LogP contribution in [-0.2, 0) is 14.2 Å². The second-order valence-corrected chi connectivity index (χ2v) is 11.6. The monoisotopic (exact) mass is 480 g/mol. The van der Waals surface area contributed by atoms with E-state index in [2.05, 4.69) is 15.6 Å². The summed E-state index contributed by atoms with van der Waals surface area (Å²) in [6.07, 6.45) is 2.25. The normalized spacial score (nSPS) is 17.0. The highest BCUT2D eigenvalue weighted by Crippen LogP contribution is 2.45. The van der Waals surface area contributed by atoms with Gasteiger partial charge in [0.2, 0.25) is 19.2 Å². The molecule has 1 aliphatic heterocycles. The van der Waals surface area contributed by atoms with Crippen molar-refractivity contribution in [2.75, 3.05) is 19.5 Å². The van der Waals surface area contributed by atoms with Gasteiger partial charge in [-0.25, -0.2) is 0 Å². The average molecular weight is 481 g/mol. The zero-order valence-corrected chi connectivity index (χ0v) is 20.6. The van der Waals surface area contributed by atoms with Gasteiger partial charge < -0.3 is 15.5 Å². The zero-order chi connectivity index (χ0) is 24.9. The number of carbonyl (C=O) groups is 4. The van der Waals surface area contributed by atoms with E-state index in [9.17, 15) is 28.6 Å². The van der Waals surface area contributed by atoms with Crippen molar-refractivity contribution < 1.29 is 28.6 Å². The Bertz CT molecular complexity index is 929. The minimum atomic E-state index is -4.11. The van der Waals surface area contributed by atoms with Crippen molar-refractivity contribution in [3.63, 3.8) is 0 Å². The van der Waals surface area contributed by atoms with Crippen molar-refractivity contribution in [2.45, 2.75) is 46.6 Å². The van der Waals surface area contributed by atoms with E-state index < -0.39 is 49.5 Å². The summed E-state index contributed by atoms with van der Waals surface area (Å²) >= 11 is 0. The molecule has 2 rings (SSSR count). The van der Waals surface area contributed by atoms with Crippen LogP contribution in [0.4, 0.5) is 0 Å². The minimum Gasteiger partial charge on any atom is -0.357 e. The fourth-order valence-corrected chi connectivity index (χ4v) is 5.70. The van der Waals surface area contributed by atoms with Gasteiger partial charge in [-0.1, -0.05) is 27.7 Å². The standard InChI is InChI=1S/C22H33N4O6P/c1-13(2)8-15(19(27)25-18(9-14(3)4)20(28)23-5)11-33(31,32)12-26-21(29)16-6-7-24-10-17(16)22(26)30/h6-7,10,13-15,18H,8-9,11-12H2,1-5H3,(H,23,28)(H,25,27)(H,31,32)/t15?,18-/m0/s1. The molecule has 4 amide bonds. The minimum absolute atomic E-state index is 0.0367. The maximum atomic E-state index is 13.1. The van der Waals surface area contributed by atoms with Crippen molar-refractivity contribution in [2.24, 2.45) is 17.8 Å². The smallest absolute Gasteiger partial charge is 0.263 e. The van der Waals surface area contributed by atoms with Gasteiger partial charge in [0, 0.05) is 31.5 Å². The Morgan fingerprint density at radius 1 is 1.06 bits per heavy atom. The molecule has 2 heterocycles. The molecule has 10 nitrogen and oxygen atoms in total. The molecular weight excluding hydrogens is 447 g/mol. The maximum Gasteiger partial charge on any atom is 0.263 e. The van der Waals surface area contributed by atoms with Gasteiger partial charge in [0.25, 0.3) is 11.8 Å². The number of likely N-dealkylation sites (N-methyl/N-ethyl adjacent to an activating group) is 1. The van der Waals surface area contributed by atoms with Gasteiger partial charge in [0.05, 0.1) is 11.1 Å². The third-order valence-corrected chi connectivity index (χ3v) is 7.09. The molecule has 1 aliphatic rings. The van der Waals surface area contributed by atoms with Crippen LogP contribution < -0.4 is 10.6 Å². The van der Waals surface area contributed by atoms with E-state index in [1.165, 1.54) is 25.5 Å². The summed E-state index contributed by atoms with van der Waals surface area (Å²) in [4.78, 5) is 65.6. The Kier molecular flexibility index (Phi) is 8.91. The first-order valence-corrected chi connectivity index (χ1v) is 13.0. The van der Waals surface area contributed by atoms with E-state index in [0.717, 1.165) is 4.90 Å². The number of pyridine rings is 1. The first kappa shape index (κ1) is 26.7. The van der Waals surface area contributed by atoms with E-state index >= 15 is 0 Å². The summed E-state index contributed by atoms with van der Waals surface area (Å²) < 4.78 is 13.1. The lowest BCUT2D eigenvalue weighted by Gasteiger charge is -2.26. The number of hydrogen-bond acceptors (Lipinski definition) is 6. The molecule has 33 heavy (non-hydrogen) atoms. The Balaban J connectivity index is 2.17. The zero-order valence-electron chi connectivity index (χ0n) is 19.7. The number of imide groups is 1. The summed E-state index contributed by atoms with van der Waals surface area (Å²) in [6, 6.07) is 0.625. The lowest BCUT2D eigenvalue weighted by Crippen LogP contribution is -2.49. The second kappa shape index (κ2) is 11.0. The summed E-state index contributed by atoms with van der Waals surface area (Å²) in [7, 11) is -2.63. The maximum absolute atomic E-state index is 13.1. The van der Waals surface area contributed by atoms with Crippen molar-refractivity contribution in [1.82, 2.24) is 20.5 Å². The van der Waals surface area contributed by atoms with E-state index in [4.69, 9.17) is 0 Å². The van der Waals surface area contributed by atoms with Crippen molar-refractivity contribution in [3.8, 4) is 0 Å². The van der Waals surface area contributed by atoms with Gasteiger partial charge in [-0.3, -0.25) is 33.6 Å². The SMILES string of the molecule is CNC(=O)[C@H](CC(C)C)NC(=O)C(CC(C)C)CP(=O)(O)CN1C(=O)c2ccncc2C1=O. The summed E-state index contributed by atoms with van der Waals surface area (Å²) in [5.41, 5.74) is 0.217. The van der Waals surface area contributed by atoms with Crippen LogP contribution in [0.25, 0.3) is 0 Å². The number of fused-ring (bicyclic) bond motifs is 1. The molecule has 3 atom stereocenters. The van der Waals surface area contributed by atoms with Crippen LogP contribution in [0.2, 0.25) is 0 Å². The lowest BCUT2D eigenvalue weighted by molar-refractivity contribution is -0.131. The molecule has 0 aliphatic carbocycles. The molecule has 0 bridgehead atoms. The van der Waals surface area contributed by atoms with Crippen LogP contribution >= 0.6 is 7.37 Å². The van der Waals surface area contributed by atoms with E-state index in [1.54, 1.807) is 0 Å². The van der Waals surface area contributed by atoms with Crippen LogP contribution in [0.3, 0.4) is 0 Å². The molecule has 0 radical (unpaired) electrons. The fraction of sp³-hybridized carbons (Fsp3) is 0.591. The largest absolute Gasteiger partial charge is 0.357 e. The summed E-state index contributed by atoms with van der Waals surface area (Å²) in [5.74, 6) is -2.87. The predicted molar refractivity (Wildman–Crippen MR) is 123 cm³/mol. The third kappa shape index (κ3) is 6.95. The highest BCUT2D eigenvalue weighted by Gasteiger charge is 2.41. The number of nitrogens with zero attached hydrogens (tertiary/aromatic N) is 2. The molecule has 0 spiro atoms. The molecule has 1 aromatic heterocycles. The van der Waals surface area contributed by atoms with Gasteiger partial charge >= 0.3 is 0 Å². The number of amides is 4. The van der Waals surface area contributed by atoms with Crippen molar-refractivity contribution >= 4 is 31.0 Å². The Morgan fingerprint density at radius 3 is 2.21 bits per heavy atom. The first-order valence-electron chi connectivity index (χ1n) is 11.0. The molecule has 1 aromatic rings. The fourth-order valence-electron chi connectivity index (χ4n) is 3.89.